The molecule has 2 N–H and O–H groups in total. The Balaban J connectivity index is 1.30. The van der Waals surface area contributed by atoms with Crippen LogP contribution >= 0.6 is 0 Å². The molecule has 3 heterocycles. The fourth-order valence-electron chi connectivity index (χ4n) is 7.72. The van der Waals surface area contributed by atoms with E-state index in [1.165, 1.54) is 200 Å². The van der Waals surface area contributed by atoms with E-state index >= 15 is 0 Å². The molecule has 0 aromatic rings. The summed E-state index contributed by atoms with van der Waals surface area (Å²) in [7, 11) is 0. The third-order valence-electron chi connectivity index (χ3n) is 9.98. The van der Waals surface area contributed by atoms with Gasteiger partial charge in [-0.2, -0.15) is 0 Å². The Bertz CT molecular complexity index is 436. The van der Waals surface area contributed by atoms with Crippen LogP contribution in [-0.2, 0) is 0 Å². The standard InChI is InChI=1S/C33H64N2/c1-2-4-8-12-16-22-32-24-20-29-35(30-32)27-19-15-11-7-5-9-13-17-23-33-25-21-28-34(31-33)26-18-14-10-6-3-1/h32-33H,1-31H2/p+2. The van der Waals surface area contributed by atoms with Crippen molar-refractivity contribution in [1.82, 2.24) is 0 Å². The zero-order chi connectivity index (χ0) is 24.2. The molecule has 0 aromatic carbocycles. The molecule has 4 bridgehead atoms. The third kappa shape index (κ3) is 14.4. The molecule has 3 aliphatic heterocycles. The van der Waals surface area contributed by atoms with Crippen molar-refractivity contribution in [3.8, 4) is 0 Å². The molecule has 2 heteroatoms. The summed E-state index contributed by atoms with van der Waals surface area (Å²) in [4.78, 5) is 3.90. The summed E-state index contributed by atoms with van der Waals surface area (Å²) in [5.74, 6) is 2.10. The molecule has 2 nitrogen and oxygen atoms in total. The van der Waals surface area contributed by atoms with Crippen LogP contribution < -0.4 is 9.80 Å². The molecule has 3 fully saturated rings. The minimum absolute atomic E-state index is 1.05. The summed E-state index contributed by atoms with van der Waals surface area (Å²) in [6.07, 6.45) is 37.6. The predicted molar refractivity (Wildman–Crippen MR) is 154 cm³/mol. The van der Waals surface area contributed by atoms with Crippen molar-refractivity contribution in [2.24, 2.45) is 11.8 Å². The van der Waals surface area contributed by atoms with Gasteiger partial charge in [0.25, 0.3) is 0 Å². The third-order valence-corrected chi connectivity index (χ3v) is 9.98. The zero-order valence-corrected chi connectivity index (χ0v) is 24.1. The lowest BCUT2D eigenvalue weighted by molar-refractivity contribution is -0.909. The molecule has 3 saturated heterocycles. The van der Waals surface area contributed by atoms with E-state index in [4.69, 9.17) is 0 Å². The summed E-state index contributed by atoms with van der Waals surface area (Å²) in [6.45, 7) is 8.88. The fraction of sp³-hybridized carbons (Fsp3) is 1.00. The highest BCUT2D eigenvalue weighted by molar-refractivity contribution is 4.64. The van der Waals surface area contributed by atoms with Crippen LogP contribution in [0.3, 0.4) is 0 Å². The highest BCUT2D eigenvalue weighted by atomic mass is 15.1. The molecule has 206 valence electrons. The Morgan fingerprint density at radius 3 is 0.886 bits per heavy atom. The fourth-order valence-corrected chi connectivity index (χ4v) is 7.72. The van der Waals surface area contributed by atoms with Crippen molar-refractivity contribution in [1.29, 1.82) is 0 Å². The van der Waals surface area contributed by atoms with E-state index in [0.717, 1.165) is 11.8 Å². The minimum Gasteiger partial charge on any atom is -0.335 e. The molecule has 35 heavy (non-hydrogen) atoms. The van der Waals surface area contributed by atoms with Gasteiger partial charge in [-0.15, -0.1) is 0 Å². The van der Waals surface area contributed by atoms with E-state index in [1.54, 1.807) is 0 Å². The molecule has 4 atom stereocenters. The summed E-state index contributed by atoms with van der Waals surface area (Å²) in [6, 6.07) is 0. The van der Waals surface area contributed by atoms with Crippen LogP contribution in [0.15, 0.2) is 0 Å². The van der Waals surface area contributed by atoms with Crippen LogP contribution in [-0.4, -0.2) is 39.3 Å². The van der Waals surface area contributed by atoms with E-state index in [1.807, 2.05) is 9.80 Å². The quantitative estimate of drug-likeness (QED) is 0.370. The van der Waals surface area contributed by atoms with Gasteiger partial charge in [0.1, 0.15) is 0 Å². The molecular formula is C33H66N2+2. The van der Waals surface area contributed by atoms with Gasteiger partial charge < -0.3 is 9.80 Å². The highest BCUT2D eigenvalue weighted by Crippen LogP contribution is 2.19. The van der Waals surface area contributed by atoms with Crippen LogP contribution in [0, 0.1) is 11.8 Å². The van der Waals surface area contributed by atoms with E-state index in [-0.39, 0.29) is 0 Å². The number of quaternary nitrogens is 2. The van der Waals surface area contributed by atoms with Crippen LogP contribution in [0.5, 0.6) is 0 Å². The largest absolute Gasteiger partial charge is 0.335 e. The Morgan fingerprint density at radius 2 is 0.514 bits per heavy atom. The average Bonchev–Trinajstić information content (AvgIpc) is 2.88. The first-order valence-electron chi connectivity index (χ1n) is 17.1. The Labute approximate surface area is 221 Å². The first-order valence-corrected chi connectivity index (χ1v) is 17.1. The first kappa shape index (κ1) is 29.5. The van der Waals surface area contributed by atoms with Crippen LogP contribution in [0.25, 0.3) is 0 Å². The van der Waals surface area contributed by atoms with Crippen molar-refractivity contribution in [2.75, 3.05) is 39.3 Å². The lowest BCUT2D eigenvalue weighted by Crippen LogP contribution is -3.13. The molecule has 3 aliphatic rings. The normalized spacial score (nSPS) is 33.6. The molecule has 0 saturated carbocycles. The minimum atomic E-state index is 1.05. The summed E-state index contributed by atoms with van der Waals surface area (Å²) < 4.78 is 0. The molecule has 0 spiro atoms. The number of nitrogens with one attached hydrogen (secondary N) is 2. The maximum absolute atomic E-state index is 1.95. The topological polar surface area (TPSA) is 8.88 Å². The van der Waals surface area contributed by atoms with Gasteiger partial charge in [0.2, 0.25) is 0 Å². The van der Waals surface area contributed by atoms with Crippen molar-refractivity contribution >= 4 is 0 Å². The second-order valence-corrected chi connectivity index (χ2v) is 13.2. The van der Waals surface area contributed by atoms with E-state index in [9.17, 15) is 0 Å². The van der Waals surface area contributed by atoms with Gasteiger partial charge in [0.15, 0.2) is 0 Å². The number of piperidine rings is 2. The van der Waals surface area contributed by atoms with Gasteiger partial charge in [-0.05, 0) is 64.2 Å². The monoisotopic (exact) mass is 491 g/mol. The highest BCUT2D eigenvalue weighted by Gasteiger charge is 2.23. The maximum atomic E-state index is 1.95. The summed E-state index contributed by atoms with van der Waals surface area (Å²) in [5, 5.41) is 0. The Hall–Kier alpha value is -0.0800. The number of hydrogen-bond donors (Lipinski definition) is 2. The molecule has 4 unspecified atom stereocenters. The first-order chi connectivity index (χ1) is 17.4. The van der Waals surface area contributed by atoms with E-state index < -0.39 is 0 Å². The van der Waals surface area contributed by atoms with Gasteiger partial charge in [-0.3, -0.25) is 0 Å². The molecule has 0 amide bonds. The molecule has 0 aromatic heterocycles. The lowest BCUT2D eigenvalue weighted by Gasteiger charge is -2.30. The number of rotatable bonds is 0. The van der Waals surface area contributed by atoms with Crippen LogP contribution in [0.4, 0.5) is 0 Å². The molecule has 3 rings (SSSR count). The zero-order valence-electron chi connectivity index (χ0n) is 24.1. The Morgan fingerprint density at radius 1 is 0.257 bits per heavy atom. The summed E-state index contributed by atoms with van der Waals surface area (Å²) >= 11 is 0. The second kappa shape index (κ2) is 20.0. The Kier molecular flexibility index (Phi) is 16.8. The SMILES string of the molecule is C1CCCCCCC2CCC[NH+](CCCCCCCCCCC3CCC[NH+](CCCCCC1)C3)C2. The van der Waals surface area contributed by atoms with Gasteiger partial charge in [-0.1, -0.05) is 96.3 Å². The van der Waals surface area contributed by atoms with Crippen molar-refractivity contribution in [3.63, 3.8) is 0 Å². The van der Waals surface area contributed by atoms with Crippen LogP contribution in [0.2, 0.25) is 0 Å². The van der Waals surface area contributed by atoms with Gasteiger partial charge in [-0.25, -0.2) is 0 Å². The maximum Gasteiger partial charge on any atom is 0.0799 e. The second-order valence-electron chi connectivity index (χ2n) is 13.2. The average molecular weight is 491 g/mol. The van der Waals surface area contributed by atoms with Crippen LogP contribution in [0.1, 0.15) is 161 Å². The van der Waals surface area contributed by atoms with Crippen molar-refractivity contribution < 1.29 is 9.80 Å². The van der Waals surface area contributed by atoms with Gasteiger partial charge >= 0.3 is 0 Å². The van der Waals surface area contributed by atoms with Gasteiger partial charge in [0.05, 0.1) is 39.3 Å². The summed E-state index contributed by atoms with van der Waals surface area (Å²) in [5.41, 5.74) is 0. The van der Waals surface area contributed by atoms with Crippen molar-refractivity contribution in [3.05, 3.63) is 0 Å². The molecule has 0 radical (unpaired) electrons. The van der Waals surface area contributed by atoms with Gasteiger partial charge in [0, 0.05) is 11.8 Å². The van der Waals surface area contributed by atoms with E-state index in [0.29, 0.717) is 0 Å². The van der Waals surface area contributed by atoms with E-state index in [2.05, 4.69) is 0 Å². The smallest absolute Gasteiger partial charge is 0.0799 e. The molecular weight excluding hydrogens is 424 g/mol. The lowest BCUT2D eigenvalue weighted by atomic mass is 9.92. The predicted octanol–water partition coefficient (Wildman–Crippen LogP) is 6.78. The number of hydrogen-bond acceptors (Lipinski definition) is 0. The molecule has 0 aliphatic carbocycles. The number of fused-ring (bicyclic) bond motifs is 4. The van der Waals surface area contributed by atoms with Crippen molar-refractivity contribution in [2.45, 2.75) is 161 Å².